The van der Waals surface area contributed by atoms with Crippen molar-refractivity contribution in [3.63, 3.8) is 0 Å². The van der Waals surface area contributed by atoms with Gasteiger partial charge in [-0.1, -0.05) is 60.7 Å². The largest absolute Gasteiger partial charge is 0.485 e. The fourth-order valence-electron chi connectivity index (χ4n) is 3.35. The smallest absolute Gasteiger partial charge is 0.271 e. The molecule has 0 heterocycles. The first-order valence-corrected chi connectivity index (χ1v) is 11.0. The van der Waals surface area contributed by atoms with Crippen molar-refractivity contribution in [2.75, 3.05) is 6.61 Å². The van der Waals surface area contributed by atoms with Crippen LogP contribution < -0.4 is 10.2 Å². The number of hydrogen-bond acceptors (Lipinski definition) is 6. The molecule has 0 atom stereocenters. The van der Waals surface area contributed by atoms with Crippen molar-refractivity contribution in [2.45, 2.75) is 0 Å². The van der Waals surface area contributed by atoms with Crippen molar-refractivity contribution in [3.8, 4) is 16.9 Å². The molecule has 0 aliphatic rings. The lowest BCUT2D eigenvalue weighted by molar-refractivity contribution is -0.384. The topological polar surface area (TPSA) is 111 Å². The fraction of sp³-hybridized carbons (Fsp3) is 0.0357. The van der Waals surface area contributed by atoms with E-state index < -0.39 is 10.8 Å². The van der Waals surface area contributed by atoms with E-state index >= 15 is 0 Å². The van der Waals surface area contributed by atoms with Crippen LogP contribution in [0.3, 0.4) is 0 Å². The van der Waals surface area contributed by atoms with Crippen LogP contribution in [0.4, 0.5) is 5.69 Å². The minimum Gasteiger partial charge on any atom is -0.485 e. The second kappa shape index (κ2) is 11.3. The lowest BCUT2D eigenvalue weighted by atomic mass is 10.0. The number of Topliss-reactive ketones (excluding diaryl/α,β-unsaturated/α-hetero) is 1. The predicted octanol–water partition coefficient (Wildman–Crippen LogP) is 5.29. The Kier molecular flexibility index (Phi) is 7.57. The highest BCUT2D eigenvalue weighted by Crippen LogP contribution is 2.20. The van der Waals surface area contributed by atoms with Gasteiger partial charge in [0, 0.05) is 23.3 Å². The first-order valence-electron chi connectivity index (χ1n) is 11.0. The molecule has 0 saturated heterocycles. The monoisotopic (exact) mass is 479 g/mol. The van der Waals surface area contributed by atoms with Gasteiger partial charge in [-0.05, 0) is 47.0 Å². The molecule has 0 saturated carbocycles. The summed E-state index contributed by atoms with van der Waals surface area (Å²) < 4.78 is 5.60. The summed E-state index contributed by atoms with van der Waals surface area (Å²) in [6.45, 7) is -0.0998. The molecule has 1 amide bonds. The van der Waals surface area contributed by atoms with E-state index in [1.807, 2.05) is 42.5 Å². The van der Waals surface area contributed by atoms with Crippen molar-refractivity contribution < 1.29 is 19.2 Å². The third-order valence-electron chi connectivity index (χ3n) is 5.26. The van der Waals surface area contributed by atoms with E-state index in [9.17, 15) is 19.7 Å². The zero-order valence-electron chi connectivity index (χ0n) is 19.0. The Balaban J connectivity index is 1.27. The molecule has 0 aliphatic carbocycles. The van der Waals surface area contributed by atoms with Gasteiger partial charge in [-0.3, -0.25) is 19.7 Å². The van der Waals surface area contributed by atoms with E-state index in [-0.39, 0.29) is 23.6 Å². The van der Waals surface area contributed by atoms with Crippen LogP contribution in [0.5, 0.6) is 5.75 Å². The molecular formula is C28H21N3O5. The molecule has 0 aliphatic heterocycles. The number of nitrogens with one attached hydrogen (secondary N) is 1. The van der Waals surface area contributed by atoms with Crippen LogP contribution in [0, 0.1) is 10.1 Å². The summed E-state index contributed by atoms with van der Waals surface area (Å²) in [6.07, 6.45) is 1.43. The number of rotatable bonds is 9. The molecule has 1 N–H and O–H groups in total. The number of amides is 1. The first-order chi connectivity index (χ1) is 17.5. The molecular weight excluding hydrogens is 458 g/mol. The fourth-order valence-corrected chi connectivity index (χ4v) is 3.35. The van der Waals surface area contributed by atoms with Gasteiger partial charge >= 0.3 is 0 Å². The summed E-state index contributed by atoms with van der Waals surface area (Å²) in [5.41, 5.74) is 5.66. The van der Waals surface area contributed by atoms with E-state index in [1.165, 1.54) is 30.5 Å². The number of hydrogen-bond donors (Lipinski definition) is 1. The Labute approximate surface area is 207 Å². The summed E-state index contributed by atoms with van der Waals surface area (Å²) in [6, 6.07) is 29.5. The lowest BCUT2D eigenvalue weighted by Gasteiger charge is -2.07. The Morgan fingerprint density at radius 3 is 2.22 bits per heavy atom. The Morgan fingerprint density at radius 2 is 1.53 bits per heavy atom. The first kappa shape index (κ1) is 24.0. The summed E-state index contributed by atoms with van der Waals surface area (Å²) in [4.78, 5) is 34.9. The number of benzene rings is 4. The number of carbonyl (C=O) groups excluding carboxylic acids is 2. The molecule has 0 radical (unpaired) electrons. The molecule has 4 aromatic rings. The molecule has 4 rings (SSSR count). The van der Waals surface area contributed by atoms with Crippen LogP contribution >= 0.6 is 0 Å². The quantitative estimate of drug-likeness (QED) is 0.152. The average Bonchev–Trinajstić information content (AvgIpc) is 2.93. The summed E-state index contributed by atoms with van der Waals surface area (Å²) in [5, 5.41) is 14.7. The molecule has 0 bridgehead atoms. The molecule has 0 unspecified atom stereocenters. The van der Waals surface area contributed by atoms with Crippen molar-refractivity contribution in [3.05, 3.63) is 130 Å². The van der Waals surface area contributed by atoms with Gasteiger partial charge in [0.05, 0.1) is 11.1 Å². The number of non-ortho nitro benzene ring substituents is 1. The van der Waals surface area contributed by atoms with Gasteiger partial charge in [0.2, 0.25) is 0 Å². The third kappa shape index (κ3) is 6.27. The van der Waals surface area contributed by atoms with Crippen LogP contribution in [-0.2, 0) is 0 Å². The zero-order valence-corrected chi connectivity index (χ0v) is 19.0. The Hall–Kier alpha value is -5.11. The Bertz CT molecular complexity index is 1400. The van der Waals surface area contributed by atoms with Crippen LogP contribution in [0.15, 0.2) is 108 Å². The number of nitrogens with zero attached hydrogens (tertiary/aromatic N) is 2. The summed E-state index contributed by atoms with van der Waals surface area (Å²) >= 11 is 0. The van der Waals surface area contributed by atoms with Crippen LogP contribution in [0.25, 0.3) is 11.1 Å². The van der Waals surface area contributed by atoms with Crippen molar-refractivity contribution >= 4 is 23.6 Å². The summed E-state index contributed by atoms with van der Waals surface area (Å²) in [5.74, 6) is -0.184. The minimum atomic E-state index is -0.571. The van der Waals surface area contributed by atoms with Gasteiger partial charge in [0.1, 0.15) is 5.75 Å². The Morgan fingerprint density at radius 1 is 0.833 bits per heavy atom. The molecule has 4 aromatic carbocycles. The van der Waals surface area contributed by atoms with Gasteiger partial charge in [0.15, 0.2) is 12.4 Å². The van der Waals surface area contributed by atoms with Crippen molar-refractivity contribution in [1.82, 2.24) is 5.43 Å². The van der Waals surface area contributed by atoms with Crippen LogP contribution in [0.2, 0.25) is 0 Å². The highest BCUT2D eigenvalue weighted by molar-refractivity contribution is 5.97. The average molecular weight is 479 g/mol. The minimum absolute atomic E-state index is 0.0998. The zero-order chi connectivity index (χ0) is 25.3. The van der Waals surface area contributed by atoms with Gasteiger partial charge in [0.25, 0.3) is 11.6 Å². The molecule has 0 fully saturated rings. The van der Waals surface area contributed by atoms with Crippen LogP contribution in [0.1, 0.15) is 26.3 Å². The molecule has 178 valence electrons. The third-order valence-corrected chi connectivity index (χ3v) is 5.26. The van der Waals surface area contributed by atoms with Gasteiger partial charge in [-0.2, -0.15) is 5.10 Å². The van der Waals surface area contributed by atoms with Gasteiger partial charge < -0.3 is 4.74 Å². The molecule has 36 heavy (non-hydrogen) atoms. The second-order valence-corrected chi connectivity index (χ2v) is 7.73. The maximum atomic E-state index is 12.5. The van der Waals surface area contributed by atoms with E-state index in [4.69, 9.17) is 4.74 Å². The standard InChI is InChI=1S/C28H21N3O5/c32-27(23-13-11-22(12-14-23)21-5-2-1-3-6-21)19-36-26-15-9-20(10-16-26)18-29-30-28(33)24-7-4-8-25(17-24)31(34)35/h1-18H,19H2,(H,30,33)/b29-18+. The highest BCUT2D eigenvalue weighted by atomic mass is 16.6. The maximum absolute atomic E-state index is 12.5. The van der Waals surface area contributed by atoms with E-state index in [2.05, 4.69) is 10.5 Å². The summed E-state index contributed by atoms with van der Waals surface area (Å²) in [7, 11) is 0. The van der Waals surface area contributed by atoms with E-state index in [0.717, 1.165) is 11.1 Å². The number of hydrazone groups is 1. The molecule has 8 nitrogen and oxygen atoms in total. The van der Waals surface area contributed by atoms with Crippen molar-refractivity contribution in [1.29, 1.82) is 0 Å². The van der Waals surface area contributed by atoms with E-state index in [1.54, 1.807) is 36.4 Å². The number of nitro groups is 1. The SMILES string of the molecule is O=C(COc1ccc(/C=N/NC(=O)c2cccc([N+](=O)[O-])c2)cc1)c1ccc(-c2ccccc2)cc1. The normalized spacial score (nSPS) is 10.7. The second-order valence-electron chi connectivity index (χ2n) is 7.73. The molecule has 8 heteroatoms. The number of carbonyl (C=O) groups is 2. The molecule has 0 spiro atoms. The number of nitro benzene ring substituents is 1. The maximum Gasteiger partial charge on any atom is 0.271 e. The van der Waals surface area contributed by atoms with E-state index in [0.29, 0.717) is 16.9 Å². The molecule has 0 aromatic heterocycles. The highest BCUT2D eigenvalue weighted by Gasteiger charge is 2.11. The number of ketones is 1. The van der Waals surface area contributed by atoms with Crippen LogP contribution in [-0.4, -0.2) is 29.4 Å². The lowest BCUT2D eigenvalue weighted by Crippen LogP contribution is -2.17. The van der Waals surface area contributed by atoms with Gasteiger partial charge in [-0.25, -0.2) is 5.43 Å². The number of ether oxygens (including phenoxy) is 1. The van der Waals surface area contributed by atoms with Crippen molar-refractivity contribution in [2.24, 2.45) is 5.10 Å². The van der Waals surface area contributed by atoms with Gasteiger partial charge in [-0.15, -0.1) is 0 Å². The predicted molar refractivity (Wildman–Crippen MR) is 136 cm³/mol.